The minimum atomic E-state index is -0.521. The van der Waals surface area contributed by atoms with Crippen molar-refractivity contribution in [2.45, 2.75) is 20.0 Å². The summed E-state index contributed by atoms with van der Waals surface area (Å²) in [5.74, 6) is 0.770. The van der Waals surface area contributed by atoms with E-state index >= 15 is 0 Å². The van der Waals surface area contributed by atoms with Crippen LogP contribution >= 0.6 is 11.3 Å². The molecule has 1 atom stereocenters. The van der Waals surface area contributed by atoms with Crippen molar-refractivity contribution < 1.29 is 14.6 Å². The molecule has 2 N–H and O–H groups in total. The topological polar surface area (TPSA) is 87.6 Å². The average molecular weight is 348 g/mol. The van der Waals surface area contributed by atoms with Crippen LogP contribution in [0.2, 0.25) is 0 Å². The summed E-state index contributed by atoms with van der Waals surface area (Å²) in [6.07, 6.45) is -0.521. The Morgan fingerprint density at radius 2 is 2.08 bits per heavy atom. The number of ether oxygens (including phenoxy) is 1. The highest BCUT2D eigenvalue weighted by atomic mass is 32.1. The summed E-state index contributed by atoms with van der Waals surface area (Å²) in [6, 6.07) is 7.22. The predicted molar refractivity (Wildman–Crippen MR) is 92.3 cm³/mol. The predicted octanol–water partition coefficient (Wildman–Crippen LogP) is 2.45. The van der Waals surface area contributed by atoms with Crippen LogP contribution in [-0.2, 0) is 0 Å². The Kier molecular flexibility index (Phi) is 4.42. The van der Waals surface area contributed by atoms with Crippen molar-refractivity contribution in [2.75, 3.05) is 25.5 Å². The largest absolute Gasteiger partial charge is 0.497 e. The number of hydrogen-bond acceptors (Lipinski definition) is 6. The van der Waals surface area contributed by atoms with Gasteiger partial charge >= 0.3 is 6.03 Å². The molecule has 2 aromatic rings. The van der Waals surface area contributed by atoms with Gasteiger partial charge in [-0.3, -0.25) is 5.32 Å². The summed E-state index contributed by atoms with van der Waals surface area (Å²) in [4.78, 5) is 13.9. The molecule has 8 heteroatoms. The van der Waals surface area contributed by atoms with Crippen LogP contribution in [0.15, 0.2) is 24.3 Å². The second-order valence-corrected chi connectivity index (χ2v) is 7.43. The van der Waals surface area contributed by atoms with E-state index in [4.69, 9.17) is 4.74 Å². The molecule has 1 aromatic carbocycles. The highest BCUT2D eigenvalue weighted by Crippen LogP contribution is 2.31. The molecule has 3 rings (SSSR count). The van der Waals surface area contributed by atoms with Crippen LogP contribution in [0.5, 0.6) is 5.75 Å². The number of likely N-dealkylation sites (tertiary alicyclic amines) is 1. The fourth-order valence-corrected chi connectivity index (χ4v) is 3.31. The third-order valence-electron chi connectivity index (χ3n) is 4.16. The normalized spacial score (nSPS) is 19.3. The van der Waals surface area contributed by atoms with E-state index in [1.807, 2.05) is 38.1 Å². The van der Waals surface area contributed by atoms with Crippen molar-refractivity contribution >= 4 is 22.5 Å². The minimum absolute atomic E-state index is 0.267. The second kappa shape index (κ2) is 6.37. The fraction of sp³-hybridized carbons (Fsp3) is 0.438. The van der Waals surface area contributed by atoms with Crippen LogP contribution in [0.3, 0.4) is 0 Å². The summed E-state index contributed by atoms with van der Waals surface area (Å²) >= 11 is 1.30. The number of nitrogens with one attached hydrogen (secondary N) is 1. The first-order chi connectivity index (χ1) is 11.4. The number of nitrogens with zero attached hydrogens (tertiary/aromatic N) is 3. The number of methoxy groups -OCH3 is 1. The summed E-state index contributed by atoms with van der Waals surface area (Å²) in [5, 5.41) is 22.0. The molecule has 0 radical (unpaired) electrons. The molecule has 128 valence electrons. The van der Waals surface area contributed by atoms with Gasteiger partial charge in [0.2, 0.25) is 5.13 Å². The van der Waals surface area contributed by atoms with E-state index < -0.39 is 6.10 Å². The van der Waals surface area contributed by atoms with Gasteiger partial charge in [-0.25, -0.2) is 4.79 Å². The minimum Gasteiger partial charge on any atom is -0.497 e. The molecule has 1 aliphatic heterocycles. The first-order valence-electron chi connectivity index (χ1n) is 7.61. The van der Waals surface area contributed by atoms with E-state index in [9.17, 15) is 9.90 Å². The summed E-state index contributed by atoms with van der Waals surface area (Å²) in [6.45, 7) is 4.71. The van der Waals surface area contributed by atoms with E-state index in [2.05, 4.69) is 15.5 Å². The number of urea groups is 1. The number of aliphatic hydroxyl groups excluding tert-OH is 1. The number of anilines is 1. The van der Waals surface area contributed by atoms with Crippen molar-refractivity contribution in [3.8, 4) is 16.3 Å². The van der Waals surface area contributed by atoms with Gasteiger partial charge in [-0.2, -0.15) is 0 Å². The lowest BCUT2D eigenvalue weighted by atomic mass is 9.90. The zero-order valence-corrected chi connectivity index (χ0v) is 14.6. The number of carbonyl (C=O) groups excluding carboxylic acids is 1. The maximum Gasteiger partial charge on any atom is 0.323 e. The molecule has 7 nitrogen and oxygen atoms in total. The van der Waals surface area contributed by atoms with Crippen LogP contribution in [0.4, 0.5) is 9.93 Å². The number of rotatable bonds is 3. The number of aromatic nitrogens is 2. The van der Waals surface area contributed by atoms with Crippen molar-refractivity contribution in [1.29, 1.82) is 0 Å². The lowest BCUT2D eigenvalue weighted by Gasteiger charge is -2.20. The first-order valence-corrected chi connectivity index (χ1v) is 8.42. The van der Waals surface area contributed by atoms with Crippen LogP contribution in [0.1, 0.15) is 13.8 Å². The Bertz CT molecular complexity index is 729. The van der Waals surface area contributed by atoms with Crippen molar-refractivity contribution in [3.05, 3.63) is 24.3 Å². The van der Waals surface area contributed by atoms with E-state index in [-0.39, 0.29) is 11.4 Å². The van der Waals surface area contributed by atoms with Crippen molar-refractivity contribution in [3.63, 3.8) is 0 Å². The van der Waals surface area contributed by atoms with Gasteiger partial charge in [0.25, 0.3) is 0 Å². The lowest BCUT2D eigenvalue weighted by Crippen LogP contribution is -2.34. The zero-order chi connectivity index (χ0) is 17.3. The van der Waals surface area contributed by atoms with Crippen LogP contribution in [-0.4, -0.2) is 52.5 Å². The molecular formula is C16H20N4O3S. The maximum absolute atomic E-state index is 12.3. The molecule has 1 aromatic heterocycles. The Hall–Kier alpha value is -2.19. The molecule has 1 aliphatic rings. The van der Waals surface area contributed by atoms with E-state index in [0.29, 0.717) is 18.2 Å². The number of β-amino-alcohol motifs (C(OH)–C–C–N with tert-alkyl or cyclic N) is 1. The van der Waals surface area contributed by atoms with Gasteiger partial charge < -0.3 is 14.7 Å². The molecule has 0 spiro atoms. The molecule has 0 bridgehead atoms. The zero-order valence-electron chi connectivity index (χ0n) is 13.8. The molecule has 24 heavy (non-hydrogen) atoms. The molecule has 1 fully saturated rings. The van der Waals surface area contributed by atoms with E-state index in [1.54, 1.807) is 12.0 Å². The SMILES string of the molecule is COc1ccc(-c2nnc(NC(=O)N3CC(O)C(C)(C)C3)s2)cc1. The van der Waals surface area contributed by atoms with Gasteiger partial charge in [0.15, 0.2) is 0 Å². The monoisotopic (exact) mass is 348 g/mol. The first kappa shape index (κ1) is 16.7. The van der Waals surface area contributed by atoms with E-state index in [1.165, 1.54) is 11.3 Å². The maximum atomic E-state index is 12.3. The van der Waals surface area contributed by atoms with Crippen molar-refractivity contribution in [2.24, 2.45) is 5.41 Å². The lowest BCUT2D eigenvalue weighted by molar-refractivity contribution is 0.0957. The number of carbonyl (C=O) groups is 1. The molecule has 1 saturated heterocycles. The number of benzene rings is 1. The van der Waals surface area contributed by atoms with Gasteiger partial charge in [-0.05, 0) is 24.3 Å². The highest BCUT2D eigenvalue weighted by Gasteiger charge is 2.40. The fourth-order valence-electron chi connectivity index (χ4n) is 2.57. The van der Waals surface area contributed by atoms with Crippen LogP contribution in [0, 0.1) is 5.41 Å². The quantitative estimate of drug-likeness (QED) is 0.889. The van der Waals surface area contributed by atoms with E-state index in [0.717, 1.165) is 16.3 Å². The van der Waals surface area contributed by atoms with Crippen LogP contribution < -0.4 is 10.1 Å². The molecule has 0 aliphatic carbocycles. The molecule has 1 unspecified atom stereocenters. The van der Waals surface area contributed by atoms with Gasteiger partial charge in [0.05, 0.1) is 13.2 Å². The standard InChI is InChI=1S/C16H20N4O3S/c1-16(2)9-20(8-12(16)21)15(22)17-14-19-18-13(24-14)10-4-6-11(23-3)7-5-10/h4-7,12,21H,8-9H2,1-3H3,(H,17,19,22). The average Bonchev–Trinajstić information content (AvgIpc) is 3.12. The number of aliphatic hydroxyl groups is 1. The second-order valence-electron chi connectivity index (χ2n) is 6.46. The van der Waals surface area contributed by atoms with Gasteiger partial charge in [-0.15, -0.1) is 10.2 Å². The molecular weight excluding hydrogens is 328 g/mol. The van der Waals surface area contributed by atoms with Crippen molar-refractivity contribution in [1.82, 2.24) is 15.1 Å². The molecule has 2 heterocycles. The Labute approximate surface area is 144 Å². The third kappa shape index (κ3) is 3.34. The van der Waals surface area contributed by atoms with Crippen LogP contribution in [0.25, 0.3) is 10.6 Å². The Morgan fingerprint density at radius 1 is 1.38 bits per heavy atom. The van der Waals surface area contributed by atoms with Gasteiger partial charge in [-0.1, -0.05) is 25.2 Å². The highest BCUT2D eigenvalue weighted by molar-refractivity contribution is 7.18. The smallest absolute Gasteiger partial charge is 0.323 e. The summed E-state index contributed by atoms with van der Waals surface area (Å²) in [7, 11) is 1.62. The van der Waals surface area contributed by atoms with Gasteiger partial charge in [0.1, 0.15) is 10.8 Å². The Balaban J connectivity index is 1.66. The number of amides is 2. The summed E-state index contributed by atoms with van der Waals surface area (Å²) < 4.78 is 5.13. The Morgan fingerprint density at radius 3 is 2.67 bits per heavy atom. The van der Waals surface area contributed by atoms with Gasteiger partial charge in [0, 0.05) is 24.1 Å². The third-order valence-corrected chi connectivity index (χ3v) is 5.04. The number of hydrogen-bond donors (Lipinski definition) is 2. The molecule has 0 saturated carbocycles. The summed E-state index contributed by atoms with van der Waals surface area (Å²) in [5.41, 5.74) is 0.610. The molecule has 2 amide bonds.